The Morgan fingerprint density at radius 1 is 1.14 bits per heavy atom. The van der Waals surface area contributed by atoms with Crippen molar-refractivity contribution >= 4 is 46.6 Å². The molecule has 1 aromatic heterocycles. The fraction of sp³-hybridized carbons (Fsp3) is 0.480. The highest BCUT2D eigenvalue weighted by atomic mass is 35.5. The van der Waals surface area contributed by atoms with Gasteiger partial charge in [0.25, 0.3) is 0 Å². The third kappa shape index (κ3) is 13.2. The van der Waals surface area contributed by atoms with Crippen molar-refractivity contribution in [1.82, 2.24) is 9.29 Å². The number of halogens is 1. The Hall–Kier alpha value is -2.49. The lowest BCUT2D eigenvalue weighted by molar-refractivity contribution is -0.0987. The maximum atomic E-state index is 11.4. The van der Waals surface area contributed by atoms with Crippen LogP contribution in [-0.2, 0) is 19.6 Å². The van der Waals surface area contributed by atoms with Crippen LogP contribution in [0.5, 0.6) is 0 Å². The average molecular weight is 527 g/mol. The van der Waals surface area contributed by atoms with Crippen LogP contribution in [0.1, 0.15) is 32.4 Å². The first-order valence-electron chi connectivity index (χ1n) is 11.2. The molecule has 0 spiro atoms. The number of anilines is 2. The summed E-state index contributed by atoms with van der Waals surface area (Å²) >= 11 is 5.90. The molecule has 1 fully saturated rings. The zero-order chi connectivity index (χ0) is 27.0. The summed E-state index contributed by atoms with van der Waals surface area (Å²) in [6.07, 6.45) is 4.75. The fourth-order valence-electron chi connectivity index (χ4n) is 3.49. The van der Waals surface area contributed by atoms with E-state index in [0.29, 0.717) is 25.0 Å². The van der Waals surface area contributed by atoms with Gasteiger partial charge in [-0.3, -0.25) is 4.98 Å². The number of nitrogens with zero attached hydrogens (tertiary/aromatic N) is 3. The molecule has 8 nitrogen and oxygen atoms in total. The number of carbonyl (C=O) groups is 2. The van der Waals surface area contributed by atoms with Crippen molar-refractivity contribution in [2.75, 3.05) is 43.2 Å². The van der Waals surface area contributed by atoms with Crippen LogP contribution in [0.2, 0.25) is 5.02 Å². The highest BCUT2D eigenvalue weighted by Gasteiger charge is 2.24. The number of aryl methyl sites for hydroxylation is 1. The van der Waals surface area contributed by atoms with Crippen LogP contribution >= 0.6 is 11.6 Å². The van der Waals surface area contributed by atoms with Crippen LogP contribution < -0.4 is 10.2 Å². The quantitative estimate of drug-likeness (QED) is 0.599. The van der Waals surface area contributed by atoms with Gasteiger partial charge in [0.2, 0.25) is 10.0 Å². The third-order valence-electron chi connectivity index (χ3n) is 5.09. The zero-order valence-electron chi connectivity index (χ0n) is 21.4. The summed E-state index contributed by atoms with van der Waals surface area (Å²) in [7, 11) is -0.946. The van der Waals surface area contributed by atoms with E-state index in [4.69, 9.17) is 21.2 Å². The number of hydrogen-bond donors (Lipinski definition) is 1. The Bertz CT molecular complexity index is 948. The van der Waals surface area contributed by atoms with Gasteiger partial charge in [0.1, 0.15) is 13.6 Å². The van der Waals surface area contributed by atoms with E-state index in [2.05, 4.69) is 42.2 Å². The van der Waals surface area contributed by atoms with Crippen molar-refractivity contribution in [3.8, 4) is 0 Å². The Balaban J connectivity index is 0.000000602. The number of rotatable bonds is 6. The van der Waals surface area contributed by atoms with Gasteiger partial charge in [0.05, 0.1) is 18.1 Å². The maximum Gasteiger partial charge on any atom is 0.211 e. The molecule has 0 radical (unpaired) electrons. The molecule has 0 saturated carbocycles. The number of nitrogens with one attached hydrogen (secondary N) is 1. The molecule has 0 amide bonds. The fourth-order valence-corrected chi connectivity index (χ4v) is 4.55. The Labute approximate surface area is 215 Å². The summed E-state index contributed by atoms with van der Waals surface area (Å²) < 4.78 is 24.3. The Morgan fingerprint density at radius 2 is 1.74 bits per heavy atom. The molecule has 10 heteroatoms. The normalized spacial score (nSPS) is 13.8. The monoisotopic (exact) mass is 526 g/mol. The second-order valence-electron chi connectivity index (χ2n) is 8.52. The number of hydrogen-bond acceptors (Lipinski definition) is 7. The van der Waals surface area contributed by atoms with E-state index in [1.54, 1.807) is 4.31 Å². The molecule has 2 heterocycles. The van der Waals surface area contributed by atoms with Gasteiger partial charge in [0.15, 0.2) is 0 Å². The molecular weight excluding hydrogens is 488 g/mol. The van der Waals surface area contributed by atoms with Gasteiger partial charge in [-0.25, -0.2) is 12.7 Å². The molecule has 3 rings (SSSR count). The largest absolute Gasteiger partial charge is 0.381 e. The van der Waals surface area contributed by atoms with Crippen LogP contribution in [0.3, 0.4) is 0 Å². The van der Waals surface area contributed by atoms with E-state index in [-0.39, 0.29) is 0 Å². The molecule has 1 aliphatic heterocycles. The highest BCUT2D eigenvalue weighted by molar-refractivity contribution is 7.88. The van der Waals surface area contributed by atoms with Gasteiger partial charge in [-0.15, -0.1) is 0 Å². The molecule has 35 heavy (non-hydrogen) atoms. The standard InChI is InChI=1S/C12H19N3O2S.C11H16ClN.2CH2O/c1-10-3-4-12(9-13-10)14-11-5-7-15(8-6-11)18(2,16)17;1-9(2)8-13(3)11-6-4-5-10(12)7-11;2*1-2/h3-4,9,11,14H,5-8H2,1-2H3;4-7,9H,8H2,1-3H3;2*1H2. The van der Waals surface area contributed by atoms with Crippen molar-refractivity contribution in [1.29, 1.82) is 0 Å². The van der Waals surface area contributed by atoms with Gasteiger partial charge >= 0.3 is 0 Å². The van der Waals surface area contributed by atoms with Gasteiger partial charge in [-0.2, -0.15) is 0 Å². The summed E-state index contributed by atoms with van der Waals surface area (Å²) in [5, 5.41) is 4.20. The topological polar surface area (TPSA) is 99.7 Å². The zero-order valence-corrected chi connectivity index (χ0v) is 23.0. The predicted octanol–water partition coefficient (Wildman–Crippen LogP) is 4.29. The summed E-state index contributed by atoms with van der Waals surface area (Å²) in [6, 6.07) is 12.2. The summed E-state index contributed by atoms with van der Waals surface area (Å²) in [6.45, 7) is 12.6. The van der Waals surface area contributed by atoms with Crippen LogP contribution in [0, 0.1) is 12.8 Å². The molecule has 0 unspecified atom stereocenters. The van der Waals surface area contributed by atoms with Crippen molar-refractivity contribution in [2.24, 2.45) is 5.92 Å². The van der Waals surface area contributed by atoms with Crippen molar-refractivity contribution < 1.29 is 18.0 Å². The first kappa shape index (κ1) is 32.5. The molecule has 2 aromatic rings. The maximum absolute atomic E-state index is 11.4. The van der Waals surface area contributed by atoms with Gasteiger partial charge in [0, 0.05) is 49.1 Å². The van der Waals surface area contributed by atoms with Crippen LogP contribution in [0.4, 0.5) is 11.4 Å². The lowest BCUT2D eigenvalue weighted by Gasteiger charge is -2.31. The first-order chi connectivity index (χ1) is 16.5. The van der Waals surface area contributed by atoms with Crippen LogP contribution in [0.25, 0.3) is 0 Å². The van der Waals surface area contributed by atoms with E-state index in [0.717, 1.165) is 35.8 Å². The number of sulfonamides is 1. The van der Waals surface area contributed by atoms with E-state index in [1.165, 1.54) is 11.9 Å². The molecule has 0 aliphatic carbocycles. The first-order valence-corrected chi connectivity index (χ1v) is 13.5. The third-order valence-corrected chi connectivity index (χ3v) is 6.63. The number of aromatic nitrogens is 1. The molecule has 196 valence electrons. The summed E-state index contributed by atoms with van der Waals surface area (Å²) in [4.78, 5) is 22.4. The second kappa shape index (κ2) is 17.0. The number of piperidine rings is 1. The van der Waals surface area contributed by atoms with Gasteiger partial charge in [-0.1, -0.05) is 31.5 Å². The van der Waals surface area contributed by atoms with Gasteiger partial charge < -0.3 is 19.8 Å². The predicted molar refractivity (Wildman–Crippen MR) is 146 cm³/mol. The number of carbonyl (C=O) groups excluding carboxylic acids is 2. The smallest absolute Gasteiger partial charge is 0.211 e. The minimum atomic E-state index is -3.03. The number of pyridine rings is 1. The molecule has 1 saturated heterocycles. The van der Waals surface area contributed by atoms with Crippen LogP contribution in [-0.4, -0.2) is 70.3 Å². The SMILES string of the molecule is C=O.C=O.CC(C)CN(C)c1cccc(Cl)c1.Cc1ccc(NC2CCN(S(C)(=O)=O)CC2)cn1. The van der Waals surface area contributed by atoms with E-state index in [9.17, 15) is 8.42 Å². The van der Waals surface area contributed by atoms with E-state index >= 15 is 0 Å². The van der Waals surface area contributed by atoms with Gasteiger partial charge in [-0.05, 0) is 56.0 Å². The Kier molecular flexibility index (Phi) is 15.8. The number of benzene rings is 1. The molecule has 1 aromatic carbocycles. The molecule has 0 bridgehead atoms. The lowest BCUT2D eigenvalue weighted by atomic mass is 10.1. The minimum absolute atomic E-state index is 0.326. The van der Waals surface area contributed by atoms with Crippen molar-refractivity contribution in [2.45, 2.75) is 39.7 Å². The van der Waals surface area contributed by atoms with E-state index < -0.39 is 10.0 Å². The summed E-state index contributed by atoms with van der Waals surface area (Å²) in [5.74, 6) is 0.670. The average Bonchev–Trinajstić information content (AvgIpc) is 2.83. The Morgan fingerprint density at radius 3 is 2.20 bits per heavy atom. The lowest BCUT2D eigenvalue weighted by Crippen LogP contribution is -2.41. The second-order valence-corrected chi connectivity index (χ2v) is 10.9. The van der Waals surface area contributed by atoms with Crippen molar-refractivity contribution in [3.63, 3.8) is 0 Å². The molecule has 1 N–H and O–H groups in total. The van der Waals surface area contributed by atoms with Crippen LogP contribution in [0.15, 0.2) is 42.6 Å². The molecular formula is C25H39ClN4O4S. The van der Waals surface area contributed by atoms with Crippen molar-refractivity contribution in [3.05, 3.63) is 53.3 Å². The molecule has 1 aliphatic rings. The summed E-state index contributed by atoms with van der Waals surface area (Å²) in [5.41, 5.74) is 3.17. The highest BCUT2D eigenvalue weighted by Crippen LogP contribution is 2.19. The molecule has 0 atom stereocenters. The minimum Gasteiger partial charge on any atom is -0.381 e. The van der Waals surface area contributed by atoms with E-state index in [1.807, 2.05) is 57.0 Å².